The number of carbonyl (C=O) groups excluding carboxylic acids is 3. The number of amides is 2. The summed E-state index contributed by atoms with van der Waals surface area (Å²) >= 11 is 0. The van der Waals surface area contributed by atoms with Gasteiger partial charge in [-0.25, -0.2) is 0 Å². The van der Waals surface area contributed by atoms with E-state index in [1.54, 1.807) is 4.90 Å². The van der Waals surface area contributed by atoms with Gasteiger partial charge in [-0.2, -0.15) is 0 Å². The molecule has 2 aromatic rings. The van der Waals surface area contributed by atoms with E-state index in [-0.39, 0.29) is 31.4 Å². The summed E-state index contributed by atoms with van der Waals surface area (Å²) in [6.45, 7) is 2.30. The molecular formula is C24H29N3O4. The van der Waals surface area contributed by atoms with Crippen LogP contribution in [0.15, 0.2) is 48.5 Å². The lowest BCUT2D eigenvalue weighted by Crippen LogP contribution is -2.31. The summed E-state index contributed by atoms with van der Waals surface area (Å²) in [6.07, 6.45) is 0.893. The topological polar surface area (TPSA) is 79.0 Å². The Morgan fingerprint density at radius 3 is 2.52 bits per heavy atom. The number of hydrogen-bond donors (Lipinski definition) is 1. The van der Waals surface area contributed by atoms with Gasteiger partial charge in [0.2, 0.25) is 5.91 Å². The third-order valence-electron chi connectivity index (χ3n) is 5.41. The summed E-state index contributed by atoms with van der Waals surface area (Å²) < 4.78 is 5.18. The molecular weight excluding hydrogens is 394 g/mol. The minimum absolute atomic E-state index is 0.0940. The lowest BCUT2D eigenvalue weighted by atomic mass is 10.1. The van der Waals surface area contributed by atoms with Crippen molar-refractivity contribution in [2.24, 2.45) is 5.92 Å². The molecule has 0 saturated carbocycles. The van der Waals surface area contributed by atoms with Gasteiger partial charge < -0.3 is 19.9 Å². The maximum absolute atomic E-state index is 12.5. The molecule has 1 atom stereocenters. The van der Waals surface area contributed by atoms with Crippen LogP contribution in [0, 0.1) is 5.92 Å². The maximum atomic E-state index is 12.5. The second-order valence-corrected chi connectivity index (χ2v) is 7.83. The highest BCUT2D eigenvalue weighted by molar-refractivity contribution is 6.00. The number of esters is 1. The molecule has 1 heterocycles. The summed E-state index contributed by atoms with van der Waals surface area (Å²) in [5.74, 6) is -1.56. The van der Waals surface area contributed by atoms with Gasteiger partial charge >= 0.3 is 5.97 Å². The number of ether oxygens (including phenoxy) is 1. The Morgan fingerprint density at radius 1 is 1.13 bits per heavy atom. The molecule has 0 radical (unpaired) electrons. The molecule has 0 bridgehead atoms. The molecule has 1 saturated heterocycles. The second-order valence-electron chi connectivity index (χ2n) is 7.83. The number of aryl methyl sites for hydroxylation is 1. The predicted octanol–water partition coefficient (Wildman–Crippen LogP) is 2.53. The van der Waals surface area contributed by atoms with Gasteiger partial charge in [-0.15, -0.1) is 0 Å². The Labute approximate surface area is 183 Å². The molecule has 2 aromatic carbocycles. The number of rotatable bonds is 8. The van der Waals surface area contributed by atoms with Crippen LogP contribution in [0.4, 0.5) is 11.4 Å². The molecule has 1 N–H and O–H groups in total. The molecule has 1 aliphatic heterocycles. The molecule has 1 aliphatic rings. The van der Waals surface area contributed by atoms with Crippen molar-refractivity contribution in [3.63, 3.8) is 0 Å². The van der Waals surface area contributed by atoms with E-state index in [4.69, 9.17) is 4.74 Å². The normalized spacial score (nSPS) is 15.6. The SMILES string of the molecule is CCc1ccccc1N1C[C@@H](C(=O)OCC(=O)NCc2ccc(N(C)C)cc2)CC1=O. The van der Waals surface area contributed by atoms with E-state index in [0.717, 1.165) is 28.9 Å². The van der Waals surface area contributed by atoms with Crippen LogP contribution in [0.25, 0.3) is 0 Å². The first-order valence-corrected chi connectivity index (χ1v) is 10.5. The summed E-state index contributed by atoms with van der Waals surface area (Å²) in [5, 5.41) is 2.74. The Bertz CT molecular complexity index is 940. The van der Waals surface area contributed by atoms with Crippen LogP contribution >= 0.6 is 0 Å². The monoisotopic (exact) mass is 423 g/mol. The predicted molar refractivity (Wildman–Crippen MR) is 120 cm³/mol. The first-order valence-electron chi connectivity index (χ1n) is 10.5. The lowest BCUT2D eigenvalue weighted by Gasteiger charge is -2.19. The van der Waals surface area contributed by atoms with Crippen LogP contribution in [0.2, 0.25) is 0 Å². The number of benzene rings is 2. The van der Waals surface area contributed by atoms with Gasteiger partial charge in [-0.3, -0.25) is 14.4 Å². The summed E-state index contributed by atoms with van der Waals surface area (Å²) in [5.41, 5.74) is 3.92. The van der Waals surface area contributed by atoms with Gasteiger partial charge in [0.1, 0.15) is 0 Å². The average Bonchev–Trinajstić information content (AvgIpc) is 3.17. The number of carbonyl (C=O) groups is 3. The Hall–Kier alpha value is -3.35. The molecule has 164 valence electrons. The van der Waals surface area contributed by atoms with E-state index in [1.807, 2.05) is 74.4 Å². The third-order valence-corrected chi connectivity index (χ3v) is 5.41. The maximum Gasteiger partial charge on any atom is 0.311 e. The molecule has 31 heavy (non-hydrogen) atoms. The highest BCUT2D eigenvalue weighted by Crippen LogP contribution is 2.29. The lowest BCUT2D eigenvalue weighted by molar-refractivity contribution is -0.152. The zero-order valence-corrected chi connectivity index (χ0v) is 18.3. The van der Waals surface area contributed by atoms with Gasteiger partial charge in [-0.1, -0.05) is 37.3 Å². The minimum Gasteiger partial charge on any atom is -0.455 e. The van der Waals surface area contributed by atoms with E-state index in [2.05, 4.69) is 5.32 Å². The van der Waals surface area contributed by atoms with Crippen molar-refractivity contribution < 1.29 is 19.1 Å². The smallest absolute Gasteiger partial charge is 0.311 e. The van der Waals surface area contributed by atoms with Crippen molar-refractivity contribution in [3.8, 4) is 0 Å². The standard InChI is InChI=1S/C24H29N3O4/c1-4-18-7-5-6-8-21(18)27-15-19(13-23(27)29)24(30)31-16-22(28)25-14-17-9-11-20(12-10-17)26(2)3/h5-12,19H,4,13-16H2,1-3H3,(H,25,28)/t19-/m0/s1. The van der Waals surface area contributed by atoms with Gasteiger partial charge in [0.15, 0.2) is 6.61 Å². The third kappa shape index (κ3) is 5.63. The van der Waals surface area contributed by atoms with Crippen molar-refractivity contribution in [3.05, 3.63) is 59.7 Å². The molecule has 0 spiro atoms. The zero-order valence-electron chi connectivity index (χ0n) is 18.3. The molecule has 0 aliphatic carbocycles. The van der Waals surface area contributed by atoms with E-state index >= 15 is 0 Å². The van der Waals surface area contributed by atoms with Crippen molar-refractivity contribution in [1.82, 2.24) is 5.32 Å². The zero-order chi connectivity index (χ0) is 22.4. The molecule has 7 heteroatoms. The molecule has 0 unspecified atom stereocenters. The first kappa shape index (κ1) is 22.3. The molecule has 3 rings (SSSR count). The van der Waals surface area contributed by atoms with E-state index in [1.165, 1.54) is 0 Å². The minimum atomic E-state index is -0.566. The molecule has 7 nitrogen and oxygen atoms in total. The average molecular weight is 424 g/mol. The van der Waals surface area contributed by atoms with Crippen LogP contribution in [0.3, 0.4) is 0 Å². The fourth-order valence-electron chi connectivity index (χ4n) is 3.59. The molecule has 2 amide bonds. The van der Waals surface area contributed by atoms with Gasteiger partial charge in [-0.05, 0) is 35.7 Å². The van der Waals surface area contributed by atoms with Crippen LogP contribution in [0.5, 0.6) is 0 Å². The number of anilines is 2. The number of nitrogens with one attached hydrogen (secondary N) is 1. The largest absolute Gasteiger partial charge is 0.455 e. The van der Waals surface area contributed by atoms with Crippen LogP contribution in [0.1, 0.15) is 24.5 Å². The first-order chi connectivity index (χ1) is 14.9. The van der Waals surface area contributed by atoms with Gasteiger partial charge in [0, 0.05) is 45.0 Å². The summed E-state index contributed by atoms with van der Waals surface area (Å²) in [4.78, 5) is 40.6. The van der Waals surface area contributed by atoms with Gasteiger partial charge in [0.25, 0.3) is 5.91 Å². The van der Waals surface area contributed by atoms with Crippen LogP contribution in [-0.4, -0.2) is 45.0 Å². The van der Waals surface area contributed by atoms with E-state index < -0.39 is 11.9 Å². The number of para-hydroxylation sites is 1. The quantitative estimate of drug-likeness (QED) is 0.660. The second kappa shape index (κ2) is 10.1. The van der Waals surface area contributed by atoms with Crippen LogP contribution in [-0.2, 0) is 32.1 Å². The van der Waals surface area contributed by atoms with Crippen molar-refractivity contribution in [2.45, 2.75) is 26.3 Å². The van der Waals surface area contributed by atoms with Crippen molar-refractivity contribution >= 4 is 29.2 Å². The van der Waals surface area contributed by atoms with Crippen molar-refractivity contribution in [1.29, 1.82) is 0 Å². The fraction of sp³-hybridized carbons (Fsp3) is 0.375. The number of nitrogens with zero attached hydrogens (tertiary/aromatic N) is 2. The Kier molecular flexibility index (Phi) is 7.28. The van der Waals surface area contributed by atoms with Crippen LogP contribution < -0.4 is 15.1 Å². The highest BCUT2D eigenvalue weighted by Gasteiger charge is 2.36. The number of hydrogen-bond acceptors (Lipinski definition) is 5. The molecule has 1 fully saturated rings. The summed E-state index contributed by atoms with van der Waals surface area (Å²) in [7, 11) is 3.93. The van der Waals surface area contributed by atoms with E-state index in [9.17, 15) is 14.4 Å². The Morgan fingerprint density at radius 2 is 1.84 bits per heavy atom. The summed E-state index contributed by atoms with van der Waals surface area (Å²) in [6, 6.07) is 15.5. The van der Waals surface area contributed by atoms with E-state index in [0.29, 0.717) is 6.54 Å². The van der Waals surface area contributed by atoms with Gasteiger partial charge in [0.05, 0.1) is 5.92 Å². The fourth-order valence-corrected chi connectivity index (χ4v) is 3.59. The Balaban J connectivity index is 1.47. The highest BCUT2D eigenvalue weighted by atomic mass is 16.5. The van der Waals surface area contributed by atoms with Crippen molar-refractivity contribution in [2.75, 3.05) is 37.0 Å². The molecule has 0 aromatic heterocycles.